The number of azide groups is 1. The SMILES string of the molecule is [N-]=[N+]=NC1=CCC(=S(=O)=O)C=C1. The van der Waals surface area contributed by atoms with E-state index in [0.717, 1.165) is 0 Å². The van der Waals surface area contributed by atoms with Crippen LogP contribution in [0.3, 0.4) is 0 Å². The second-order valence-electron chi connectivity index (χ2n) is 2.06. The average molecular weight is 183 g/mol. The molecule has 0 aromatic heterocycles. The summed E-state index contributed by atoms with van der Waals surface area (Å²) in [6, 6.07) is 0. The van der Waals surface area contributed by atoms with Crippen molar-refractivity contribution in [2.75, 3.05) is 0 Å². The molecule has 0 spiro atoms. The largest absolute Gasteiger partial charge is 0.217 e. The molecule has 0 saturated carbocycles. The van der Waals surface area contributed by atoms with Gasteiger partial charge in [-0.05, 0) is 11.6 Å². The molecular weight excluding hydrogens is 178 g/mol. The summed E-state index contributed by atoms with van der Waals surface area (Å²) in [5.74, 6) is 0. The van der Waals surface area contributed by atoms with E-state index in [0.29, 0.717) is 17.0 Å². The highest BCUT2D eigenvalue weighted by atomic mass is 32.2. The minimum atomic E-state index is -2.17. The Morgan fingerprint density at radius 3 is 2.67 bits per heavy atom. The highest BCUT2D eigenvalue weighted by Gasteiger charge is 2.01. The van der Waals surface area contributed by atoms with E-state index in [9.17, 15) is 8.42 Å². The lowest BCUT2D eigenvalue weighted by molar-refractivity contribution is 0.627. The molecule has 1 aliphatic carbocycles. The summed E-state index contributed by atoms with van der Waals surface area (Å²) in [7, 11) is -2.17. The van der Waals surface area contributed by atoms with Gasteiger partial charge in [0.2, 0.25) is 10.3 Å². The van der Waals surface area contributed by atoms with Gasteiger partial charge in [0.1, 0.15) is 0 Å². The minimum Gasteiger partial charge on any atom is -0.184 e. The molecule has 1 rings (SSSR count). The fourth-order valence-electron chi connectivity index (χ4n) is 0.769. The van der Waals surface area contributed by atoms with E-state index in [1.54, 1.807) is 6.08 Å². The van der Waals surface area contributed by atoms with Crippen molar-refractivity contribution in [2.45, 2.75) is 6.42 Å². The molecule has 0 unspecified atom stereocenters. The first kappa shape index (κ1) is 8.58. The van der Waals surface area contributed by atoms with Crippen molar-refractivity contribution < 1.29 is 8.42 Å². The molecule has 1 aliphatic rings. The van der Waals surface area contributed by atoms with E-state index in [2.05, 4.69) is 10.0 Å². The standard InChI is InChI=1S/C6H5N3O2S/c7-9-8-5-1-3-6(4-2-5)12(10)11/h1-3H,4H2. The molecule has 0 radical (unpaired) electrons. The van der Waals surface area contributed by atoms with E-state index in [-0.39, 0.29) is 0 Å². The van der Waals surface area contributed by atoms with Gasteiger partial charge in [-0.1, -0.05) is 17.3 Å². The third-order valence-corrected chi connectivity index (χ3v) is 2.06. The van der Waals surface area contributed by atoms with Crippen LogP contribution in [0.2, 0.25) is 0 Å². The maximum absolute atomic E-state index is 10.4. The van der Waals surface area contributed by atoms with Crippen molar-refractivity contribution in [2.24, 2.45) is 5.11 Å². The van der Waals surface area contributed by atoms with Crippen LogP contribution in [-0.2, 0) is 10.3 Å². The highest BCUT2D eigenvalue weighted by Crippen LogP contribution is 2.08. The summed E-state index contributed by atoms with van der Waals surface area (Å²) in [5, 5.41) is 3.32. The van der Waals surface area contributed by atoms with Gasteiger partial charge in [-0.3, -0.25) is 0 Å². The van der Waals surface area contributed by atoms with Crippen LogP contribution in [0.25, 0.3) is 10.4 Å². The maximum atomic E-state index is 10.4. The summed E-state index contributed by atoms with van der Waals surface area (Å²) in [6.45, 7) is 0. The Morgan fingerprint density at radius 1 is 1.50 bits per heavy atom. The predicted octanol–water partition coefficient (Wildman–Crippen LogP) is 1.19. The monoisotopic (exact) mass is 183 g/mol. The molecule has 6 heteroatoms. The van der Waals surface area contributed by atoms with Crippen molar-refractivity contribution in [3.05, 3.63) is 34.4 Å². The zero-order valence-corrected chi connectivity index (χ0v) is 6.82. The molecule has 0 bridgehead atoms. The maximum Gasteiger partial charge on any atom is 0.217 e. The molecule has 0 aromatic rings. The summed E-state index contributed by atoms with van der Waals surface area (Å²) in [6.07, 6.45) is 4.74. The van der Waals surface area contributed by atoms with Gasteiger partial charge in [-0.15, -0.1) is 0 Å². The summed E-state index contributed by atoms with van der Waals surface area (Å²) in [5.41, 5.74) is 8.50. The smallest absolute Gasteiger partial charge is 0.184 e. The van der Waals surface area contributed by atoms with Crippen LogP contribution in [0, 0.1) is 0 Å². The Bertz CT molecular complexity index is 416. The van der Waals surface area contributed by atoms with Crippen molar-refractivity contribution >= 4 is 15.2 Å². The molecule has 12 heavy (non-hydrogen) atoms. The first-order chi connectivity index (χ1) is 5.74. The van der Waals surface area contributed by atoms with Gasteiger partial charge in [0.25, 0.3) is 0 Å². The predicted molar refractivity (Wildman–Crippen MR) is 44.9 cm³/mol. The molecule has 0 fully saturated rings. The van der Waals surface area contributed by atoms with Gasteiger partial charge in [-0.2, -0.15) is 8.42 Å². The first-order valence-corrected chi connectivity index (χ1v) is 4.20. The first-order valence-electron chi connectivity index (χ1n) is 3.12. The molecule has 5 nitrogen and oxygen atoms in total. The Labute approximate surface area is 70.2 Å². The molecular formula is C6H5N3O2S. The summed E-state index contributed by atoms with van der Waals surface area (Å²) < 4.78 is 20.8. The van der Waals surface area contributed by atoms with Crippen molar-refractivity contribution in [3.63, 3.8) is 0 Å². The summed E-state index contributed by atoms with van der Waals surface area (Å²) in [4.78, 5) is 2.87. The van der Waals surface area contributed by atoms with Crippen LogP contribution in [0.5, 0.6) is 0 Å². The number of rotatable bonds is 1. The zero-order chi connectivity index (χ0) is 8.97. The number of hydrogen-bond acceptors (Lipinski definition) is 3. The molecule has 0 atom stereocenters. The van der Waals surface area contributed by atoms with Gasteiger partial charge in [0.15, 0.2) is 0 Å². The van der Waals surface area contributed by atoms with Crippen LogP contribution < -0.4 is 0 Å². The lowest BCUT2D eigenvalue weighted by atomic mass is 10.1. The third kappa shape index (κ3) is 1.98. The molecule has 0 amide bonds. The number of allylic oxidation sites excluding steroid dienone is 3. The van der Waals surface area contributed by atoms with Crippen LogP contribution in [0.1, 0.15) is 6.42 Å². The van der Waals surface area contributed by atoms with Gasteiger partial charge >= 0.3 is 0 Å². The fourth-order valence-corrected chi connectivity index (χ4v) is 1.17. The normalized spacial score (nSPS) is 15.0. The number of nitrogens with zero attached hydrogens (tertiary/aromatic N) is 3. The Morgan fingerprint density at radius 2 is 2.25 bits per heavy atom. The van der Waals surface area contributed by atoms with E-state index >= 15 is 0 Å². The van der Waals surface area contributed by atoms with Crippen molar-refractivity contribution in [1.29, 1.82) is 0 Å². The zero-order valence-electron chi connectivity index (χ0n) is 6.01. The van der Waals surface area contributed by atoms with Gasteiger partial charge in [-0.25, -0.2) is 0 Å². The molecule has 0 saturated heterocycles. The second-order valence-corrected chi connectivity index (χ2v) is 3.05. The average Bonchev–Trinajstić information content (AvgIpc) is 2.06. The van der Waals surface area contributed by atoms with Gasteiger partial charge in [0.05, 0.1) is 4.86 Å². The van der Waals surface area contributed by atoms with Crippen molar-refractivity contribution in [1.82, 2.24) is 0 Å². The molecule has 0 heterocycles. The molecule has 0 N–H and O–H groups in total. The Balaban J connectivity index is 2.96. The van der Waals surface area contributed by atoms with E-state index in [4.69, 9.17) is 5.53 Å². The topological polar surface area (TPSA) is 82.9 Å². The van der Waals surface area contributed by atoms with Crippen LogP contribution >= 0.6 is 0 Å². The van der Waals surface area contributed by atoms with Gasteiger partial charge < -0.3 is 0 Å². The molecule has 0 aliphatic heterocycles. The lowest BCUT2D eigenvalue weighted by Gasteiger charge is -1.98. The highest BCUT2D eigenvalue weighted by molar-refractivity contribution is 7.73. The Kier molecular flexibility index (Phi) is 2.68. The lowest BCUT2D eigenvalue weighted by Crippen LogP contribution is -1.97. The second kappa shape index (κ2) is 3.75. The quantitative estimate of drug-likeness (QED) is 0.265. The van der Waals surface area contributed by atoms with E-state index in [1.165, 1.54) is 12.2 Å². The van der Waals surface area contributed by atoms with Crippen LogP contribution in [0.15, 0.2) is 29.0 Å². The van der Waals surface area contributed by atoms with Gasteiger partial charge in [0, 0.05) is 17.0 Å². The van der Waals surface area contributed by atoms with Crippen molar-refractivity contribution in [3.8, 4) is 0 Å². The van der Waals surface area contributed by atoms with E-state index < -0.39 is 10.3 Å². The summed E-state index contributed by atoms with van der Waals surface area (Å²) >= 11 is 0. The van der Waals surface area contributed by atoms with Crippen LogP contribution in [0.4, 0.5) is 0 Å². The van der Waals surface area contributed by atoms with E-state index in [1.807, 2.05) is 0 Å². The minimum absolute atomic E-state index is 0.293. The Hall–Kier alpha value is -1.52. The molecule has 62 valence electrons. The van der Waals surface area contributed by atoms with Crippen LogP contribution in [-0.4, -0.2) is 13.3 Å². The fraction of sp³-hybridized carbons (Fsp3) is 0.167. The number of hydrogen-bond donors (Lipinski definition) is 0. The third-order valence-electron chi connectivity index (χ3n) is 1.33. The molecule has 0 aromatic carbocycles.